The SMILES string of the molecule is Cc1ccccc1C(CC(=O)O)NC(=O)CC1CCC1. The molecule has 1 unspecified atom stereocenters. The Hall–Kier alpha value is -1.84. The van der Waals surface area contributed by atoms with Crippen LogP contribution in [-0.2, 0) is 9.59 Å². The lowest BCUT2D eigenvalue weighted by atomic mass is 9.82. The molecule has 20 heavy (non-hydrogen) atoms. The Morgan fingerprint density at radius 1 is 1.35 bits per heavy atom. The highest BCUT2D eigenvalue weighted by Gasteiger charge is 2.24. The average molecular weight is 275 g/mol. The number of amides is 1. The topological polar surface area (TPSA) is 66.4 Å². The number of hydrogen-bond acceptors (Lipinski definition) is 2. The van der Waals surface area contributed by atoms with Crippen molar-refractivity contribution in [3.05, 3.63) is 35.4 Å². The Morgan fingerprint density at radius 2 is 2.05 bits per heavy atom. The number of aryl methyl sites for hydroxylation is 1. The first-order valence-corrected chi connectivity index (χ1v) is 7.13. The van der Waals surface area contributed by atoms with Gasteiger partial charge in [-0.15, -0.1) is 0 Å². The highest BCUT2D eigenvalue weighted by Crippen LogP contribution is 2.29. The number of carbonyl (C=O) groups is 2. The van der Waals surface area contributed by atoms with Crippen molar-refractivity contribution in [2.75, 3.05) is 0 Å². The van der Waals surface area contributed by atoms with Crippen LogP contribution in [0.15, 0.2) is 24.3 Å². The highest BCUT2D eigenvalue weighted by atomic mass is 16.4. The standard InChI is InChI=1S/C16H21NO3/c1-11-5-2-3-8-13(11)14(10-16(19)20)17-15(18)9-12-6-4-7-12/h2-3,5,8,12,14H,4,6-7,9-10H2,1H3,(H,17,18)(H,19,20). The van der Waals surface area contributed by atoms with Crippen LogP contribution in [0.25, 0.3) is 0 Å². The molecule has 0 heterocycles. The van der Waals surface area contributed by atoms with Crippen molar-refractivity contribution in [1.82, 2.24) is 5.32 Å². The first-order valence-electron chi connectivity index (χ1n) is 7.13. The second-order valence-corrected chi connectivity index (χ2v) is 5.58. The van der Waals surface area contributed by atoms with Crippen LogP contribution in [0.4, 0.5) is 0 Å². The molecule has 1 aromatic carbocycles. The van der Waals surface area contributed by atoms with Crippen LogP contribution in [0, 0.1) is 12.8 Å². The summed E-state index contributed by atoms with van der Waals surface area (Å²) in [5.41, 5.74) is 1.89. The number of carbonyl (C=O) groups excluding carboxylic acids is 1. The van der Waals surface area contributed by atoms with Gasteiger partial charge in [0.25, 0.3) is 0 Å². The van der Waals surface area contributed by atoms with Gasteiger partial charge in [0.05, 0.1) is 12.5 Å². The third kappa shape index (κ3) is 3.83. The van der Waals surface area contributed by atoms with E-state index in [2.05, 4.69) is 5.32 Å². The summed E-state index contributed by atoms with van der Waals surface area (Å²) in [5.74, 6) is -0.455. The van der Waals surface area contributed by atoms with E-state index < -0.39 is 12.0 Å². The van der Waals surface area contributed by atoms with E-state index in [-0.39, 0.29) is 12.3 Å². The molecule has 4 nitrogen and oxygen atoms in total. The van der Waals surface area contributed by atoms with Crippen molar-refractivity contribution in [2.45, 2.75) is 45.1 Å². The second-order valence-electron chi connectivity index (χ2n) is 5.58. The lowest BCUT2D eigenvalue weighted by molar-refractivity contribution is -0.137. The molecular formula is C16H21NO3. The van der Waals surface area contributed by atoms with Gasteiger partial charge in [-0.3, -0.25) is 9.59 Å². The molecule has 1 atom stereocenters. The summed E-state index contributed by atoms with van der Waals surface area (Å²) in [5, 5.41) is 11.9. The molecule has 1 amide bonds. The van der Waals surface area contributed by atoms with Gasteiger partial charge in [0, 0.05) is 6.42 Å². The van der Waals surface area contributed by atoms with Gasteiger partial charge in [0.1, 0.15) is 0 Å². The summed E-state index contributed by atoms with van der Waals surface area (Å²) in [4.78, 5) is 23.0. The predicted molar refractivity (Wildman–Crippen MR) is 76.3 cm³/mol. The normalized spacial score (nSPS) is 16.2. The Kier molecular flexibility index (Phi) is 4.77. The second kappa shape index (κ2) is 6.55. The van der Waals surface area contributed by atoms with Crippen LogP contribution >= 0.6 is 0 Å². The highest BCUT2D eigenvalue weighted by molar-refractivity contribution is 5.78. The molecule has 0 saturated heterocycles. The third-order valence-electron chi connectivity index (χ3n) is 3.98. The monoisotopic (exact) mass is 275 g/mol. The average Bonchev–Trinajstić information content (AvgIpc) is 2.33. The number of rotatable bonds is 6. The Morgan fingerprint density at radius 3 is 2.60 bits per heavy atom. The maximum Gasteiger partial charge on any atom is 0.305 e. The molecule has 108 valence electrons. The summed E-state index contributed by atoms with van der Waals surface area (Å²) >= 11 is 0. The van der Waals surface area contributed by atoms with Gasteiger partial charge in [0.2, 0.25) is 5.91 Å². The molecule has 0 bridgehead atoms. The summed E-state index contributed by atoms with van der Waals surface area (Å²) in [6, 6.07) is 7.15. The van der Waals surface area contributed by atoms with Gasteiger partial charge in [-0.05, 0) is 36.8 Å². The maximum absolute atomic E-state index is 12.0. The minimum atomic E-state index is -0.901. The molecule has 1 aliphatic rings. The molecule has 1 aromatic rings. The zero-order valence-electron chi connectivity index (χ0n) is 11.8. The van der Waals surface area contributed by atoms with Gasteiger partial charge in [-0.25, -0.2) is 0 Å². The fourth-order valence-electron chi connectivity index (χ4n) is 2.60. The van der Waals surface area contributed by atoms with E-state index in [1.54, 1.807) is 0 Å². The summed E-state index contributed by atoms with van der Waals surface area (Å²) in [7, 11) is 0. The zero-order chi connectivity index (χ0) is 14.5. The Balaban J connectivity index is 2.05. The van der Waals surface area contributed by atoms with E-state index in [1.807, 2.05) is 31.2 Å². The van der Waals surface area contributed by atoms with Gasteiger partial charge < -0.3 is 10.4 Å². The number of nitrogens with one attached hydrogen (secondary N) is 1. The molecule has 1 aliphatic carbocycles. The van der Waals surface area contributed by atoms with Crippen molar-refractivity contribution in [3.8, 4) is 0 Å². The van der Waals surface area contributed by atoms with E-state index in [9.17, 15) is 9.59 Å². The minimum absolute atomic E-state index is 0.0378. The lowest BCUT2D eigenvalue weighted by Gasteiger charge is -2.26. The van der Waals surface area contributed by atoms with Crippen LogP contribution < -0.4 is 5.32 Å². The molecule has 1 fully saturated rings. The zero-order valence-corrected chi connectivity index (χ0v) is 11.8. The van der Waals surface area contributed by atoms with E-state index in [4.69, 9.17) is 5.11 Å². The Labute approximate surface area is 119 Å². The third-order valence-corrected chi connectivity index (χ3v) is 3.98. The smallest absolute Gasteiger partial charge is 0.305 e. The van der Waals surface area contributed by atoms with Crippen LogP contribution in [0.2, 0.25) is 0 Å². The molecule has 2 N–H and O–H groups in total. The molecule has 0 spiro atoms. The van der Waals surface area contributed by atoms with Crippen LogP contribution in [0.1, 0.15) is 49.3 Å². The number of aliphatic carboxylic acids is 1. The van der Waals surface area contributed by atoms with E-state index in [1.165, 1.54) is 6.42 Å². The number of carboxylic acid groups (broad SMARTS) is 1. The van der Waals surface area contributed by atoms with Gasteiger partial charge in [-0.1, -0.05) is 30.7 Å². The van der Waals surface area contributed by atoms with Crippen LogP contribution in [0.5, 0.6) is 0 Å². The van der Waals surface area contributed by atoms with Crippen molar-refractivity contribution in [1.29, 1.82) is 0 Å². The van der Waals surface area contributed by atoms with E-state index >= 15 is 0 Å². The predicted octanol–water partition coefficient (Wildman–Crippen LogP) is 2.82. The molecule has 1 saturated carbocycles. The van der Waals surface area contributed by atoms with Crippen molar-refractivity contribution < 1.29 is 14.7 Å². The molecule has 2 rings (SSSR count). The summed E-state index contributed by atoms with van der Waals surface area (Å²) in [6.07, 6.45) is 3.86. The van der Waals surface area contributed by atoms with E-state index in [0.29, 0.717) is 12.3 Å². The molecular weight excluding hydrogens is 254 g/mol. The van der Waals surface area contributed by atoms with Crippen molar-refractivity contribution in [3.63, 3.8) is 0 Å². The van der Waals surface area contributed by atoms with E-state index in [0.717, 1.165) is 24.0 Å². The van der Waals surface area contributed by atoms with Crippen LogP contribution in [0.3, 0.4) is 0 Å². The lowest BCUT2D eigenvalue weighted by Crippen LogP contribution is -2.32. The van der Waals surface area contributed by atoms with Crippen molar-refractivity contribution >= 4 is 11.9 Å². The quantitative estimate of drug-likeness (QED) is 0.839. The molecule has 0 radical (unpaired) electrons. The molecule has 0 aliphatic heterocycles. The fourth-order valence-corrected chi connectivity index (χ4v) is 2.60. The van der Waals surface area contributed by atoms with Crippen LogP contribution in [-0.4, -0.2) is 17.0 Å². The molecule has 4 heteroatoms. The number of carboxylic acids is 1. The van der Waals surface area contributed by atoms with Gasteiger partial charge >= 0.3 is 5.97 Å². The van der Waals surface area contributed by atoms with Crippen molar-refractivity contribution in [2.24, 2.45) is 5.92 Å². The minimum Gasteiger partial charge on any atom is -0.481 e. The number of hydrogen-bond donors (Lipinski definition) is 2. The Bertz CT molecular complexity index is 494. The van der Waals surface area contributed by atoms with Gasteiger partial charge in [0.15, 0.2) is 0 Å². The molecule has 0 aromatic heterocycles. The fraction of sp³-hybridized carbons (Fsp3) is 0.500. The maximum atomic E-state index is 12.0. The first-order chi connectivity index (χ1) is 9.56. The summed E-state index contributed by atoms with van der Waals surface area (Å²) < 4.78 is 0. The largest absolute Gasteiger partial charge is 0.481 e. The summed E-state index contributed by atoms with van der Waals surface area (Å²) in [6.45, 7) is 1.93. The number of benzene rings is 1. The first kappa shape index (κ1) is 14.6. The van der Waals surface area contributed by atoms with Gasteiger partial charge in [-0.2, -0.15) is 0 Å².